The Morgan fingerprint density at radius 1 is 1.00 bits per heavy atom. The zero-order valence-corrected chi connectivity index (χ0v) is 14.0. The normalized spacial score (nSPS) is 10.7. The number of aliphatic hydroxyl groups is 1. The van der Waals surface area contributed by atoms with Gasteiger partial charge >= 0.3 is 0 Å². The van der Waals surface area contributed by atoms with E-state index in [-0.39, 0.29) is 13.2 Å². The Kier molecular flexibility index (Phi) is 5.58. The monoisotopic (exact) mass is 394 g/mol. The van der Waals surface area contributed by atoms with Crippen molar-refractivity contribution in [2.45, 2.75) is 13.2 Å². The van der Waals surface area contributed by atoms with E-state index in [1.807, 2.05) is 12.1 Å². The molecule has 1 N–H and O–H groups in total. The first kappa shape index (κ1) is 15.9. The Morgan fingerprint density at radius 3 is 2.40 bits per heavy atom. The van der Waals surface area contributed by atoms with Gasteiger partial charge in [-0.2, -0.15) is 0 Å². The molecule has 0 aliphatic heterocycles. The summed E-state index contributed by atoms with van der Waals surface area (Å²) in [6.45, 7) is 0.0458. The average Bonchev–Trinajstić information content (AvgIpc) is 2.38. The third-order valence-corrected chi connectivity index (χ3v) is 3.99. The molecule has 0 spiro atoms. The fraction of sp³-hybridized carbons (Fsp3) is 0.143. The maximum absolute atomic E-state index is 9.33. The lowest BCUT2D eigenvalue weighted by Crippen LogP contribution is -2.00. The van der Waals surface area contributed by atoms with E-state index in [4.69, 9.17) is 39.5 Å². The van der Waals surface area contributed by atoms with E-state index in [0.29, 0.717) is 26.4 Å². The fourth-order valence-corrected chi connectivity index (χ4v) is 3.00. The highest BCUT2D eigenvalue weighted by molar-refractivity contribution is 9.10. The van der Waals surface area contributed by atoms with Gasteiger partial charge in [0.15, 0.2) is 0 Å². The van der Waals surface area contributed by atoms with Crippen LogP contribution in [-0.2, 0) is 13.2 Å². The van der Waals surface area contributed by atoms with Gasteiger partial charge < -0.3 is 9.84 Å². The van der Waals surface area contributed by atoms with Crippen LogP contribution in [0.15, 0.2) is 34.8 Å². The van der Waals surface area contributed by atoms with E-state index in [0.717, 1.165) is 10.0 Å². The second-order valence-corrected chi connectivity index (χ2v) is 6.22. The molecule has 0 saturated carbocycles. The molecule has 0 saturated heterocycles. The molecule has 2 aromatic rings. The van der Waals surface area contributed by atoms with E-state index in [1.54, 1.807) is 18.2 Å². The molecule has 20 heavy (non-hydrogen) atoms. The minimum absolute atomic E-state index is 0.205. The molecule has 0 unspecified atom stereocenters. The van der Waals surface area contributed by atoms with Crippen molar-refractivity contribution in [2.75, 3.05) is 0 Å². The van der Waals surface area contributed by atoms with Crippen molar-refractivity contribution >= 4 is 50.7 Å². The highest BCUT2D eigenvalue weighted by Gasteiger charge is 2.11. The second-order valence-electron chi connectivity index (χ2n) is 4.06. The molecule has 0 aliphatic rings. The van der Waals surface area contributed by atoms with Gasteiger partial charge in [0.1, 0.15) is 12.4 Å². The van der Waals surface area contributed by atoms with Crippen molar-refractivity contribution in [3.63, 3.8) is 0 Å². The summed E-state index contributed by atoms with van der Waals surface area (Å²) >= 11 is 21.4. The van der Waals surface area contributed by atoms with Gasteiger partial charge in [0.25, 0.3) is 0 Å². The Morgan fingerprint density at radius 2 is 1.75 bits per heavy atom. The lowest BCUT2D eigenvalue weighted by molar-refractivity contribution is 0.259. The van der Waals surface area contributed by atoms with Crippen LogP contribution < -0.4 is 4.74 Å². The van der Waals surface area contributed by atoms with Gasteiger partial charge in [0.05, 0.1) is 11.6 Å². The standard InChI is InChI=1S/C14H10BrCl3O2/c15-10-2-1-8(12(17)4-10)7-20-14-9(6-19)3-11(16)5-13(14)18/h1-5,19H,6-7H2. The zero-order valence-electron chi connectivity index (χ0n) is 10.2. The maximum atomic E-state index is 9.33. The Hall–Kier alpha value is -0.450. The van der Waals surface area contributed by atoms with Crippen LogP contribution >= 0.6 is 50.7 Å². The number of aliphatic hydroxyl groups excluding tert-OH is 1. The molecule has 6 heteroatoms. The maximum Gasteiger partial charge on any atom is 0.144 e. The predicted octanol–water partition coefficient (Wildman–Crippen LogP) is 5.48. The predicted molar refractivity (Wildman–Crippen MR) is 85.9 cm³/mol. The number of benzene rings is 2. The summed E-state index contributed by atoms with van der Waals surface area (Å²) in [5.74, 6) is 0.414. The van der Waals surface area contributed by atoms with E-state index in [1.165, 1.54) is 0 Å². The summed E-state index contributed by atoms with van der Waals surface area (Å²) < 4.78 is 6.57. The van der Waals surface area contributed by atoms with Crippen molar-refractivity contribution in [2.24, 2.45) is 0 Å². The molecular weight excluding hydrogens is 386 g/mol. The van der Waals surface area contributed by atoms with Gasteiger partial charge in [-0.05, 0) is 24.3 Å². The molecule has 2 nitrogen and oxygen atoms in total. The molecular formula is C14H10BrCl3O2. The van der Waals surface area contributed by atoms with E-state index >= 15 is 0 Å². The SMILES string of the molecule is OCc1cc(Cl)cc(Cl)c1OCc1ccc(Br)cc1Cl. The third-order valence-electron chi connectivity index (χ3n) is 2.64. The van der Waals surface area contributed by atoms with Crippen molar-refractivity contribution < 1.29 is 9.84 Å². The number of rotatable bonds is 4. The number of hydrogen-bond donors (Lipinski definition) is 1. The number of halogens is 4. The van der Waals surface area contributed by atoms with Crippen LogP contribution in [0, 0.1) is 0 Å². The molecule has 0 fully saturated rings. The van der Waals surface area contributed by atoms with Gasteiger partial charge in [-0.15, -0.1) is 0 Å². The molecule has 0 heterocycles. The molecule has 0 aliphatic carbocycles. The van der Waals surface area contributed by atoms with Crippen LogP contribution in [-0.4, -0.2) is 5.11 Å². The smallest absolute Gasteiger partial charge is 0.144 e. The van der Waals surface area contributed by atoms with Crippen LogP contribution in [0.25, 0.3) is 0 Å². The lowest BCUT2D eigenvalue weighted by Gasteiger charge is -2.13. The van der Waals surface area contributed by atoms with Crippen LogP contribution in [0.1, 0.15) is 11.1 Å². The first-order chi connectivity index (χ1) is 9.51. The van der Waals surface area contributed by atoms with Gasteiger partial charge in [0, 0.05) is 25.6 Å². The van der Waals surface area contributed by atoms with Crippen LogP contribution in [0.5, 0.6) is 5.75 Å². The molecule has 0 radical (unpaired) electrons. The molecule has 0 atom stereocenters. The largest absolute Gasteiger partial charge is 0.487 e. The van der Waals surface area contributed by atoms with E-state index < -0.39 is 0 Å². The summed E-state index contributed by atoms with van der Waals surface area (Å²) in [5.41, 5.74) is 1.36. The first-order valence-electron chi connectivity index (χ1n) is 5.66. The Balaban J connectivity index is 2.22. The molecule has 0 bridgehead atoms. The summed E-state index contributed by atoms with van der Waals surface area (Å²) in [6, 6.07) is 8.71. The summed E-state index contributed by atoms with van der Waals surface area (Å²) in [5, 5.41) is 10.7. The van der Waals surface area contributed by atoms with Crippen molar-refractivity contribution in [3.05, 3.63) is 61.0 Å². The first-order valence-corrected chi connectivity index (χ1v) is 7.59. The minimum Gasteiger partial charge on any atom is -0.487 e. The van der Waals surface area contributed by atoms with Gasteiger partial charge in [-0.1, -0.05) is 56.8 Å². The lowest BCUT2D eigenvalue weighted by atomic mass is 10.2. The number of ether oxygens (including phenoxy) is 1. The summed E-state index contributed by atoms with van der Waals surface area (Å²) in [4.78, 5) is 0. The highest BCUT2D eigenvalue weighted by atomic mass is 79.9. The van der Waals surface area contributed by atoms with E-state index in [9.17, 15) is 5.11 Å². The zero-order chi connectivity index (χ0) is 14.7. The number of hydrogen-bond acceptors (Lipinski definition) is 2. The fourth-order valence-electron chi connectivity index (χ4n) is 1.68. The molecule has 2 rings (SSSR count). The van der Waals surface area contributed by atoms with Gasteiger partial charge in [-0.25, -0.2) is 0 Å². The van der Waals surface area contributed by atoms with Crippen molar-refractivity contribution in [1.82, 2.24) is 0 Å². The van der Waals surface area contributed by atoms with Gasteiger partial charge in [-0.3, -0.25) is 0 Å². The average molecular weight is 396 g/mol. The summed E-state index contributed by atoms with van der Waals surface area (Å²) in [7, 11) is 0. The molecule has 0 amide bonds. The molecule has 2 aromatic carbocycles. The Labute approximate surface area is 140 Å². The van der Waals surface area contributed by atoms with Crippen LogP contribution in [0.2, 0.25) is 15.1 Å². The molecule has 0 aromatic heterocycles. The minimum atomic E-state index is -0.205. The Bertz CT molecular complexity index is 632. The van der Waals surface area contributed by atoms with E-state index in [2.05, 4.69) is 15.9 Å². The third kappa shape index (κ3) is 3.80. The summed E-state index contributed by atoms with van der Waals surface area (Å²) in [6.07, 6.45) is 0. The van der Waals surface area contributed by atoms with Crippen LogP contribution in [0.3, 0.4) is 0 Å². The second kappa shape index (κ2) is 7.01. The van der Waals surface area contributed by atoms with Gasteiger partial charge in [0.2, 0.25) is 0 Å². The van der Waals surface area contributed by atoms with Crippen LogP contribution in [0.4, 0.5) is 0 Å². The highest BCUT2D eigenvalue weighted by Crippen LogP contribution is 2.33. The van der Waals surface area contributed by atoms with Crippen molar-refractivity contribution in [1.29, 1.82) is 0 Å². The molecule has 106 valence electrons. The van der Waals surface area contributed by atoms with Crippen molar-refractivity contribution in [3.8, 4) is 5.75 Å². The quantitative estimate of drug-likeness (QED) is 0.741. The topological polar surface area (TPSA) is 29.5 Å².